The van der Waals surface area contributed by atoms with Crippen LogP contribution in [0.3, 0.4) is 0 Å². The molecule has 0 saturated heterocycles. The molecule has 3 nitrogen and oxygen atoms in total. The zero-order chi connectivity index (χ0) is 10.1. The summed E-state index contributed by atoms with van der Waals surface area (Å²) in [7, 11) is 1.37. The van der Waals surface area contributed by atoms with Crippen LogP contribution < -0.4 is 0 Å². The number of rotatable bonds is 1. The molecule has 2 fully saturated rings. The van der Waals surface area contributed by atoms with E-state index in [9.17, 15) is 9.59 Å². The molecule has 78 valence electrons. The van der Waals surface area contributed by atoms with Gasteiger partial charge in [0, 0.05) is 6.42 Å². The van der Waals surface area contributed by atoms with Crippen molar-refractivity contribution in [2.45, 2.75) is 32.1 Å². The topological polar surface area (TPSA) is 43.4 Å². The molecule has 2 rings (SSSR count). The summed E-state index contributed by atoms with van der Waals surface area (Å²) in [6.45, 7) is 0. The lowest BCUT2D eigenvalue weighted by Crippen LogP contribution is -2.28. The van der Waals surface area contributed by atoms with Crippen LogP contribution in [0.25, 0.3) is 0 Å². The fourth-order valence-electron chi connectivity index (χ4n) is 2.99. The molecular formula is C11H16O3. The monoisotopic (exact) mass is 196 g/mol. The molecule has 3 atom stereocenters. The van der Waals surface area contributed by atoms with Gasteiger partial charge in [-0.1, -0.05) is 12.8 Å². The molecule has 0 radical (unpaired) electrons. The molecule has 2 aliphatic rings. The molecule has 2 aliphatic carbocycles. The molecule has 0 aromatic carbocycles. The molecular weight excluding hydrogens is 180 g/mol. The highest BCUT2D eigenvalue weighted by Crippen LogP contribution is 2.44. The summed E-state index contributed by atoms with van der Waals surface area (Å²) in [5.41, 5.74) is 0. The third-order valence-electron chi connectivity index (χ3n) is 3.66. The van der Waals surface area contributed by atoms with E-state index in [0.717, 1.165) is 19.3 Å². The van der Waals surface area contributed by atoms with Crippen molar-refractivity contribution in [3.63, 3.8) is 0 Å². The number of carbonyl (C=O) groups is 2. The summed E-state index contributed by atoms with van der Waals surface area (Å²) >= 11 is 0. The van der Waals surface area contributed by atoms with Gasteiger partial charge >= 0.3 is 5.97 Å². The van der Waals surface area contributed by atoms with Gasteiger partial charge in [0.25, 0.3) is 0 Å². The molecule has 0 unspecified atom stereocenters. The summed E-state index contributed by atoms with van der Waals surface area (Å²) < 4.78 is 4.69. The molecule has 0 N–H and O–H groups in total. The average Bonchev–Trinajstić information content (AvgIpc) is 2.53. The summed E-state index contributed by atoms with van der Waals surface area (Å²) in [5.74, 6) is 0.0903. The maximum absolute atomic E-state index is 11.6. The standard InChI is InChI=1S/C11H16O3/c1-14-11(13)10-8-5-3-2-4-7(8)6-9(10)12/h7-8,10H,2-6H2,1H3/t7-,8-,10+/m1/s1. The van der Waals surface area contributed by atoms with E-state index in [-0.39, 0.29) is 17.7 Å². The first-order valence-corrected chi connectivity index (χ1v) is 5.34. The van der Waals surface area contributed by atoms with Crippen LogP contribution in [0.5, 0.6) is 0 Å². The average molecular weight is 196 g/mol. The van der Waals surface area contributed by atoms with Crippen LogP contribution in [0.15, 0.2) is 0 Å². The van der Waals surface area contributed by atoms with Crippen LogP contribution >= 0.6 is 0 Å². The molecule has 0 bridgehead atoms. The third kappa shape index (κ3) is 1.45. The van der Waals surface area contributed by atoms with E-state index in [1.54, 1.807) is 0 Å². The fraction of sp³-hybridized carbons (Fsp3) is 0.818. The molecule has 0 spiro atoms. The number of ether oxygens (including phenoxy) is 1. The van der Waals surface area contributed by atoms with Gasteiger partial charge in [0.2, 0.25) is 0 Å². The van der Waals surface area contributed by atoms with Crippen molar-refractivity contribution in [1.29, 1.82) is 0 Å². The molecule has 14 heavy (non-hydrogen) atoms. The Morgan fingerprint density at radius 1 is 1.36 bits per heavy atom. The van der Waals surface area contributed by atoms with E-state index in [2.05, 4.69) is 0 Å². The second-order valence-electron chi connectivity index (χ2n) is 4.38. The zero-order valence-corrected chi connectivity index (χ0v) is 8.49. The van der Waals surface area contributed by atoms with Crippen LogP contribution in [0, 0.1) is 17.8 Å². The molecule has 0 aliphatic heterocycles. The first-order valence-electron chi connectivity index (χ1n) is 5.34. The highest BCUT2D eigenvalue weighted by molar-refractivity contribution is 6.01. The van der Waals surface area contributed by atoms with Crippen LogP contribution in [-0.2, 0) is 14.3 Å². The second kappa shape index (κ2) is 3.71. The SMILES string of the molecule is COC(=O)[C@@H]1C(=O)C[C@H]2CCCC[C@H]21. The Hall–Kier alpha value is -0.860. The smallest absolute Gasteiger partial charge is 0.316 e. The van der Waals surface area contributed by atoms with Crippen molar-refractivity contribution in [3.05, 3.63) is 0 Å². The lowest BCUT2D eigenvalue weighted by Gasteiger charge is -2.26. The first-order chi connectivity index (χ1) is 6.74. The molecule has 0 heterocycles. The maximum Gasteiger partial charge on any atom is 0.316 e. The fourth-order valence-corrected chi connectivity index (χ4v) is 2.99. The third-order valence-corrected chi connectivity index (χ3v) is 3.66. The molecule has 0 aromatic heterocycles. The van der Waals surface area contributed by atoms with Crippen LogP contribution in [0.2, 0.25) is 0 Å². The van der Waals surface area contributed by atoms with Gasteiger partial charge in [-0.3, -0.25) is 9.59 Å². The molecule has 0 aromatic rings. The predicted molar refractivity (Wildman–Crippen MR) is 50.6 cm³/mol. The van der Waals surface area contributed by atoms with Gasteiger partial charge in [0.1, 0.15) is 11.7 Å². The van der Waals surface area contributed by atoms with Crippen LogP contribution in [0.1, 0.15) is 32.1 Å². The van der Waals surface area contributed by atoms with Crippen LogP contribution in [-0.4, -0.2) is 18.9 Å². The minimum atomic E-state index is -0.440. The summed E-state index contributed by atoms with van der Waals surface area (Å²) in [4.78, 5) is 23.1. The van der Waals surface area contributed by atoms with Crippen molar-refractivity contribution in [2.24, 2.45) is 17.8 Å². The number of carbonyl (C=O) groups excluding carboxylic acids is 2. The van der Waals surface area contributed by atoms with Crippen molar-refractivity contribution in [2.75, 3.05) is 7.11 Å². The number of hydrogen-bond donors (Lipinski definition) is 0. The van der Waals surface area contributed by atoms with Crippen LogP contribution in [0.4, 0.5) is 0 Å². The highest BCUT2D eigenvalue weighted by atomic mass is 16.5. The van der Waals surface area contributed by atoms with E-state index in [4.69, 9.17) is 4.74 Å². The number of fused-ring (bicyclic) bond motifs is 1. The second-order valence-corrected chi connectivity index (χ2v) is 4.38. The van der Waals surface area contributed by atoms with Crippen molar-refractivity contribution >= 4 is 11.8 Å². The van der Waals surface area contributed by atoms with Gasteiger partial charge < -0.3 is 4.74 Å². The Kier molecular flexibility index (Phi) is 2.57. The number of Topliss-reactive ketones (excluding diaryl/α,β-unsaturated/α-hetero) is 1. The van der Waals surface area contributed by atoms with Gasteiger partial charge in [0.15, 0.2) is 0 Å². The number of esters is 1. The van der Waals surface area contributed by atoms with Crippen molar-refractivity contribution < 1.29 is 14.3 Å². The van der Waals surface area contributed by atoms with Gasteiger partial charge in [-0.05, 0) is 24.7 Å². The van der Waals surface area contributed by atoms with Gasteiger partial charge in [0.05, 0.1) is 7.11 Å². The van der Waals surface area contributed by atoms with Crippen molar-refractivity contribution in [3.8, 4) is 0 Å². The normalized spacial score (nSPS) is 36.6. The predicted octanol–water partition coefficient (Wildman–Crippen LogP) is 1.55. The summed E-state index contributed by atoms with van der Waals surface area (Å²) in [6.07, 6.45) is 5.11. The van der Waals surface area contributed by atoms with E-state index >= 15 is 0 Å². The largest absolute Gasteiger partial charge is 0.468 e. The highest BCUT2D eigenvalue weighted by Gasteiger charge is 2.47. The molecule has 3 heteroatoms. The maximum atomic E-state index is 11.6. The van der Waals surface area contributed by atoms with E-state index in [1.165, 1.54) is 13.5 Å². The Balaban J connectivity index is 2.15. The molecule has 2 saturated carbocycles. The minimum Gasteiger partial charge on any atom is -0.468 e. The van der Waals surface area contributed by atoms with Crippen molar-refractivity contribution in [1.82, 2.24) is 0 Å². The van der Waals surface area contributed by atoms with E-state index in [1.807, 2.05) is 0 Å². The van der Waals surface area contributed by atoms with Gasteiger partial charge in [-0.15, -0.1) is 0 Å². The first kappa shape index (κ1) is 9.69. The minimum absolute atomic E-state index is 0.105. The lowest BCUT2D eigenvalue weighted by atomic mass is 9.78. The quantitative estimate of drug-likeness (QED) is 0.472. The Morgan fingerprint density at radius 3 is 2.79 bits per heavy atom. The van der Waals surface area contributed by atoms with Gasteiger partial charge in [-0.25, -0.2) is 0 Å². The number of methoxy groups -OCH3 is 1. The van der Waals surface area contributed by atoms with E-state index in [0.29, 0.717) is 12.3 Å². The number of ketones is 1. The zero-order valence-electron chi connectivity index (χ0n) is 8.49. The Labute approximate surface area is 83.8 Å². The number of hydrogen-bond acceptors (Lipinski definition) is 3. The molecule has 0 amide bonds. The van der Waals surface area contributed by atoms with E-state index < -0.39 is 5.92 Å². The Bertz CT molecular complexity index is 259. The summed E-state index contributed by atoms with van der Waals surface area (Å²) in [6, 6.07) is 0. The summed E-state index contributed by atoms with van der Waals surface area (Å²) in [5, 5.41) is 0. The lowest BCUT2D eigenvalue weighted by molar-refractivity contribution is -0.150. The van der Waals surface area contributed by atoms with Gasteiger partial charge in [-0.2, -0.15) is 0 Å². The Morgan fingerprint density at radius 2 is 2.07 bits per heavy atom.